The van der Waals surface area contributed by atoms with E-state index in [9.17, 15) is 8.42 Å². The molecule has 0 aliphatic rings. The predicted molar refractivity (Wildman–Crippen MR) is 114 cm³/mol. The molecule has 0 fully saturated rings. The molecule has 0 atom stereocenters. The molecule has 4 nitrogen and oxygen atoms in total. The maximum Gasteiger partial charge on any atom is 0.285 e. The van der Waals surface area contributed by atoms with E-state index in [1.54, 1.807) is 18.2 Å². The van der Waals surface area contributed by atoms with Crippen LogP contribution in [0.15, 0.2) is 80.3 Å². The van der Waals surface area contributed by atoms with Gasteiger partial charge in [0.2, 0.25) is 4.80 Å². The van der Waals surface area contributed by atoms with Crippen LogP contribution >= 0.6 is 27.3 Å². The van der Waals surface area contributed by atoms with Crippen molar-refractivity contribution >= 4 is 37.3 Å². The van der Waals surface area contributed by atoms with Crippen LogP contribution in [-0.2, 0) is 23.0 Å². The van der Waals surface area contributed by atoms with Gasteiger partial charge in [-0.25, -0.2) is 0 Å². The second kappa shape index (κ2) is 8.37. The number of rotatable bonds is 6. The van der Waals surface area contributed by atoms with E-state index in [-0.39, 0.29) is 4.90 Å². The van der Waals surface area contributed by atoms with Crippen molar-refractivity contribution < 1.29 is 8.42 Å². The zero-order valence-corrected chi connectivity index (χ0v) is 18.0. The monoisotopic (exact) mass is 462 g/mol. The SMILES string of the molecule is C=CCn1c(-c2ccc(Br)cc2)csc1=NS(=O)(=O)c1ccc(CC)cc1. The van der Waals surface area contributed by atoms with Gasteiger partial charge in [-0.15, -0.1) is 22.3 Å². The number of aromatic nitrogens is 1. The van der Waals surface area contributed by atoms with Gasteiger partial charge in [-0.2, -0.15) is 8.42 Å². The third-order valence-electron chi connectivity index (χ3n) is 4.08. The molecule has 0 saturated carbocycles. The molecule has 7 heteroatoms. The lowest BCUT2D eigenvalue weighted by Gasteiger charge is -2.07. The van der Waals surface area contributed by atoms with E-state index < -0.39 is 10.0 Å². The van der Waals surface area contributed by atoms with Crippen LogP contribution in [0.1, 0.15) is 12.5 Å². The van der Waals surface area contributed by atoms with Gasteiger partial charge in [0.1, 0.15) is 0 Å². The Morgan fingerprint density at radius 3 is 2.41 bits per heavy atom. The minimum absolute atomic E-state index is 0.198. The van der Waals surface area contributed by atoms with E-state index in [4.69, 9.17) is 0 Å². The van der Waals surface area contributed by atoms with E-state index in [1.807, 2.05) is 53.3 Å². The highest BCUT2D eigenvalue weighted by atomic mass is 79.9. The molecule has 0 spiro atoms. The minimum Gasteiger partial charge on any atom is -0.312 e. The average molecular weight is 463 g/mol. The second-order valence-electron chi connectivity index (χ2n) is 5.87. The largest absolute Gasteiger partial charge is 0.312 e. The number of hydrogen-bond acceptors (Lipinski definition) is 3. The Bertz CT molecular complexity index is 1110. The highest BCUT2D eigenvalue weighted by molar-refractivity contribution is 9.10. The first-order chi connectivity index (χ1) is 12.9. The standard InChI is InChI=1S/C20H19BrN2O2S2/c1-3-13-23-19(16-7-9-17(21)10-8-16)14-26-20(23)22-27(24,25)18-11-5-15(4-2)6-12-18/h3,5-12,14H,1,4,13H2,2H3. The van der Waals surface area contributed by atoms with Crippen molar-refractivity contribution in [2.24, 2.45) is 4.40 Å². The summed E-state index contributed by atoms with van der Waals surface area (Å²) in [7, 11) is -3.78. The molecule has 0 amide bonds. The fourth-order valence-electron chi connectivity index (χ4n) is 2.61. The highest BCUT2D eigenvalue weighted by Gasteiger charge is 2.15. The van der Waals surface area contributed by atoms with Crippen molar-refractivity contribution in [3.05, 3.63) is 81.4 Å². The van der Waals surface area contributed by atoms with Crippen LogP contribution in [0.25, 0.3) is 11.3 Å². The van der Waals surface area contributed by atoms with E-state index in [2.05, 4.69) is 26.9 Å². The second-order valence-corrected chi connectivity index (χ2v) is 9.23. The summed E-state index contributed by atoms with van der Waals surface area (Å²) in [4.78, 5) is 0.621. The van der Waals surface area contributed by atoms with Crippen LogP contribution in [0.4, 0.5) is 0 Å². The average Bonchev–Trinajstić information content (AvgIpc) is 3.04. The van der Waals surface area contributed by atoms with Gasteiger partial charge in [0, 0.05) is 16.4 Å². The highest BCUT2D eigenvalue weighted by Crippen LogP contribution is 2.23. The van der Waals surface area contributed by atoms with Crippen molar-refractivity contribution in [3.63, 3.8) is 0 Å². The molecule has 140 valence electrons. The summed E-state index contributed by atoms with van der Waals surface area (Å²) < 4.78 is 32.4. The van der Waals surface area contributed by atoms with Crippen molar-refractivity contribution in [3.8, 4) is 11.3 Å². The van der Waals surface area contributed by atoms with E-state index >= 15 is 0 Å². The van der Waals surface area contributed by atoms with Crippen LogP contribution in [0.2, 0.25) is 0 Å². The van der Waals surface area contributed by atoms with Gasteiger partial charge < -0.3 is 4.57 Å². The number of thiazole rings is 1. The zero-order valence-electron chi connectivity index (χ0n) is 14.8. The van der Waals surface area contributed by atoms with Gasteiger partial charge in [0.05, 0.1) is 10.6 Å². The number of nitrogens with zero attached hydrogens (tertiary/aromatic N) is 2. The summed E-state index contributed by atoms with van der Waals surface area (Å²) in [6.45, 7) is 6.28. The van der Waals surface area contributed by atoms with Gasteiger partial charge >= 0.3 is 0 Å². The maximum atomic E-state index is 12.7. The van der Waals surface area contributed by atoms with Crippen LogP contribution in [0.5, 0.6) is 0 Å². The first kappa shape index (κ1) is 19.8. The lowest BCUT2D eigenvalue weighted by atomic mass is 10.2. The van der Waals surface area contributed by atoms with Crippen LogP contribution in [0.3, 0.4) is 0 Å². The number of allylic oxidation sites excluding steroid dienone is 1. The smallest absolute Gasteiger partial charge is 0.285 e. The Kier molecular flexibility index (Phi) is 6.14. The molecule has 0 bridgehead atoms. The maximum absolute atomic E-state index is 12.7. The van der Waals surface area contributed by atoms with Crippen LogP contribution < -0.4 is 4.80 Å². The van der Waals surface area contributed by atoms with Gasteiger partial charge in [-0.1, -0.05) is 53.2 Å². The van der Waals surface area contributed by atoms with Gasteiger partial charge in [0.25, 0.3) is 10.0 Å². The summed E-state index contributed by atoms with van der Waals surface area (Å²) in [5, 5.41) is 1.92. The molecule has 1 heterocycles. The third-order valence-corrected chi connectivity index (χ3v) is 6.87. The zero-order chi connectivity index (χ0) is 19.4. The molecule has 0 aliphatic carbocycles. The minimum atomic E-state index is -3.78. The van der Waals surface area contributed by atoms with Crippen molar-refractivity contribution in [1.82, 2.24) is 4.57 Å². The molecule has 0 N–H and O–H groups in total. The molecule has 0 radical (unpaired) electrons. The summed E-state index contributed by atoms with van der Waals surface area (Å²) in [6.07, 6.45) is 2.59. The molecular formula is C20H19BrN2O2S2. The summed E-state index contributed by atoms with van der Waals surface area (Å²) >= 11 is 4.73. The Balaban J connectivity index is 2.09. The number of hydrogen-bond donors (Lipinski definition) is 0. The molecule has 2 aromatic carbocycles. The Labute approximate surface area is 171 Å². The topological polar surface area (TPSA) is 51.4 Å². The first-order valence-electron chi connectivity index (χ1n) is 8.39. The number of aryl methyl sites for hydroxylation is 1. The van der Waals surface area contributed by atoms with Crippen LogP contribution in [-0.4, -0.2) is 13.0 Å². The summed E-state index contributed by atoms with van der Waals surface area (Å²) in [6, 6.07) is 14.7. The molecule has 0 unspecified atom stereocenters. The fraction of sp³-hybridized carbons (Fsp3) is 0.150. The lowest BCUT2D eigenvalue weighted by molar-refractivity contribution is 0.595. The molecule has 27 heavy (non-hydrogen) atoms. The van der Waals surface area contributed by atoms with Gasteiger partial charge in [-0.05, 0) is 41.8 Å². The lowest BCUT2D eigenvalue weighted by Crippen LogP contribution is -2.17. The third kappa shape index (κ3) is 4.48. The Hall–Kier alpha value is -1.96. The first-order valence-corrected chi connectivity index (χ1v) is 11.5. The number of benzene rings is 2. The van der Waals surface area contributed by atoms with E-state index in [1.165, 1.54) is 11.3 Å². The fourth-order valence-corrected chi connectivity index (χ4v) is 5.01. The molecule has 1 aromatic heterocycles. The Morgan fingerprint density at radius 1 is 1.15 bits per heavy atom. The van der Waals surface area contributed by atoms with Crippen molar-refractivity contribution in [1.29, 1.82) is 0 Å². The number of halogens is 1. The molecule has 0 aliphatic heterocycles. The van der Waals surface area contributed by atoms with Crippen molar-refractivity contribution in [2.75, 3.05) is 0 Å². The normalized spacial score (nSPS) is 12.3. The molecule has 3 aromatic rings. The van der Waals surface area contributed by atoms with Gasteiger partial charge in [0.15, 0.2) is 0 Å². The quantitative estimate of drug-likeness (QED) is 0.483. The van der Waals surface area contributed by atoms with Crippen molar-refractivity contribution in [2.45, 2.75) is 24.8 Å². The van der Waals surface area contributed by atoms with Crippen LogP contribution in [0, 0.1) is 0 Å². The summed E-state index contributed by atoms with van der Waals surface area (Å²) in [5.74, 6) is 0. The number of sulfonamides is 1. The molecule has 0 saturated heterocycles. The predicted octanol–water partition coefficient (Wildman–Crippen LogP) is 5.02. The Morgan fingerprint density at radius 2 is 1.81 bits per heavy atom. The molecular weight excluding hydrogens is 444 g/mol. The van der Waals surface area contributed by atoms with E-state index in [0.29, 0.717) is 11.3 Å². The summed E-state index contributed by atoms with van der Waals surface area (Å²) in [5.41, 5.74) is 2.98. The van der Waals surface area contributed by atoms with Gasteiger partial charge in [-0.3, -0.25) is 0 Å². The van der Waals surface area contributed by atoms with E-state index in [0.717, 1.165) is 27.7 Å². The molecule has 3 rings (SSSR count).